The van der Waals surface area contributed by atoms with Gasteiger partial charge in [-0.1, -0.05) is 158 Å². The fraction of sp³-hybridized carbons (Fsp3) is 0. The summed E-state index contributed by atoms with van der Waals surface area (Å²) in [6.07, 6.45) is 0. The highest BCUT2D eigenvalue weighted by molar-refractivity contribution is 6.31. The first-order chi connectivity index (χ1) is 25.3. The van der Waals surface area contributed by atoms with Gasteiger partial charge in [-0.25, -0.2) is 0 Å². The van der Waals surface area contributed by atoms with Gasteiger partial charge in [-0.15, -0.1) is 0 Å². The largest absolute Gasteiger partial charge is 0.455 e. The van der Waals surface area contributed by atoms with E-state index < -0.39 is 0 Å². The molecule has 0 saturated carbocycles. The van der Waals surface area contributed by atoms with Gasteiger partial charge < -0.3 is 4.42 Å². The van der Waals surface area contributed by atoms with E-state index in [1.165, 1.54) is 87.2 Å². The Balaban J connectivity index is 1.16. The molecule has 0 bridgehead atoms. The van der Waals surface area contributed by atoms with Gasteiger partial charge in [0.25, 0.3) is 0 Å². The molecule has 11 rings (SSSR count). The van der Waals surface area contributed by atoms with Crippen molar-refractivity contribution in [3.05, 3.63) is 182 Å². The Morgan fingerprint density at radius 2 is 0.784 bits per heavy atom. The Bertz CT molecular complexity index is 3130. The van der Waals surface area contributed by atoms with E-state index in [0.717, 1.165) is 21.9 Å². The Morgan fingerprint density at radius 3 is 1.49 bits per heavy atom. The average Bonchev–Trinajstić information content (AvgIpc) is 3.58. The Hall–Kier alpha value is -6.70. The molecule has 0 unspecified atom stereocenters. The molecule has 0 aliphatic heterocycles. The van der Waals surface area contributed by atoms with Crippen LogP contribution in [0, 0.1) is 0 Å². The maximum absolute atomic E-state index is 6.81. The van der Waals surface area contributed by atoms with E-state index in [9.17, 15) is 0 Å². The van der Waals surface area contributed by atoms with Crippen molar-refractivity contribution in [2.75, 3.05) is 0 Å². The maximum atomic E-state index is 6.81. The standard InChI is InChI=1S/C50H30O/c1-2-13-31(14-3-1)47-40-21-8-10-23-42(40)48(43-24-11-9-22-41(43)47)36-18-12-17-32(27-36)35-25-26-38-37-19-6-7-20-39(37)49-45-29-33-15-4-5-16-34(33)30-46(45)51-50(49)44(38)28-35/h1-30H. The van der Waals surface area contributed by atoms with E-state index in [0.29, 0.717) is 0 Å². The third-order valence-electron chi connectivity index (χ3n) is 10.8. The maximum Gasteiger partial charge on any atom is 0.143 e. The molecule has 0 fully saturated rings. The molecule has 10 aromatic carbocycles. The zero-order chi connectivity index (χ0) is 33.5. The minimum absolute atomic E-state index is 0.923. The first kappa shape index (κ1) is 28.2. The van der Waals surface area contributed by atoms with Crippen LogP contribution >= 0.6 is 0 Å². The predicted molar refractivity (Wildman–Crippen MR) is 218 cm³/mol. The predicted octanol–water partition coefficient (Wildman–Crippen LogP) is 14.4. The van der Waals surface area contributed by atoms with Crippen molar-refractivity contribution in [1.29, 1.82) is 0 Å². The summed E-state index contributed by atoms with van der Waals surface area (Å²) in [5, 5.41) is 14.6. The van der Waals surface area contributed by atoms with Crippen LogP contribution in [0.1, 0.15) is 0 Å². The smallest absolute Gasteiger partial charge is 0.143 e. The van der Waals surface area contributed by atoms with Gasteiger partial charge in [0.1, 0.15) is 11.2 Å². The number of fused-ring (bicyclic) bond motifs is 11. The van der Waals surface area contributed by atoms with Crippen molar-refractivity contribution in [1.82, 2.24) is 0 Å². The van der Waals surface area contributed by atoms with Crippen LogP contribution in [-0.2, 0) is 0 Å². The summed E-state index contributed by atoms with van der Waals surface area (Å²) in [7, 11) is 0. The number of rotatable bonds is 3. The first-order valence-electron chi connectivity index (χ1n) is 17.6. The topological polar surface area (TPSA) is 13.1 Å². The summed E-state index contributed by atoms with van der Waals surface area (Å²) in [4.78, 5) is 0. The molecule has 0 aliphatic carbocycles. The number of furan rings is 1. The summed E-state index contributed by atoms with van der Waals surface area (Å²) < 4.78 is 6.81. The third-order valence-corrected chi connectivity index (χ3v) is 10.8. The van der Waals surface area contributed by atoms with Gasteiger partial charge in [0.2, 0.25) is 0 Å². The molecule has 0 amide bonds. The van der Waals surface area contributed by atoms with E-state index in [1.54, 1.807) is 0 Å². The van der Waals surface area contributed by atoms with Crippen LogP contribution in [-0.4, -0.2) is 0 Å². The van der Waals surface area contributed by atoms with Crippen LogP contribution in [0.3, 0.4) is 0 Å². The van der Waals surface area contributed by atoms with Crippen LogP contribution in [0.2, 0.25) is 0 Å². The molecule has 11 aromatic rings. The molecule has 236 valence electrons. The van der Waals surface area contributed by atoms with Crippen molar-refractivity contribution >= 4 is 75.8 Å². The minimum atomic E-state index is 0.923. The number of hydrogen-bond acceptors (Lipinski definition) is 1. The van der Waals surface area contributed by atoms with Crippen molar-refractivity contribution in [2.24, 2.45) is 0 Å². The Labute approximate surface area is 294 Å². The molecular weight excluding hydrogens is 617 g/mol. The van der Waals surface area contributed by atoms with E-state index in [4.69, 9.17) is 4.42 Å². The van der Waals surface area contributed by atoms with Gasteiger partial charge in [-0.05, 0) is 106 Å². The Kier molecular flexibility index (Phi) is 6.02. The molecule has 0 aliphatic rings. The highest BCUT2D eigenvalue weighted by Gasteiger charge is 2.19. The summed E-state index contributed by atoms with van der Waals surface area (Å²) in [6, 6.07) is 66.2. The molecule has 0 saturated heterocycles. The second kappa shape index (κ2) is 10.9. The third kappa shape index (κ3) is 4.22. The molecule has 0 radical (unpaired) electrons. The zero-order valence-electron chi connectivity index (χ0n) is 27.7. The normalized spacial score (nSPS) is 11.9. The van der Waals surface area contributed by atoms with Gasteiger partial charge in [0.05, 0.1) is 0 Å². The van der Waals surface area contributed by atoms with E-state index in [2.05, 4.69) is 182 Å². The fourth-order valence-electron chi connectivity index (χ4n) is 8.53. The SMILES string of the molecule is c1ccc(-c2c3ccccc3c(-c3cccc(-c4ccc5c6ccccc6c6c7cc8ccccc8cc7oc6c5c4)c3)c3ccccc23)cc1. The van der Waals surface area contributed by atoms with Crippen LogP contribution in [0.25, 0.3) is 109 Å². The first-order valence-corrected chi connectivity index (χ1v) is 17.6. The highest BCUT2D eigenvalue weighted by Crippen LogP contribution is 2.46. The van der Waals surface area contributed by atoms with Crippen LogP contribution in [0.4, 0.5) is 0 Å². The molecule has 0 spiro atoms. The lowest BCUT2D eigenvalue weighted by atomic mass is 9.85. The average molecular weight is 647 g/mol. The monoisotopic (exact) mass is 646 g/mol. The molecule has 1 heteroatoms. The van der Waals surface area contributed by atoms with Crippen LogP contribution in [0.5, 0.6) is 0 Å². The second-order valence-electron chi connectivity index (χ2n) is 13.6. The fourth-order valence-corrected chi connectivity index (χ4v) is 8.53. The van der Waals surface area contributed by atoms with Crippen molar-refractivity contribution in [3.63, 3.8) is 0 Å². The summed E-state index contributed by atoms with van der Waals surface area (Å²) >= 11 is 0. The molecule has 1 heterocycles. The second-order valence-corrected chi connectivity index (χ2v) is 13.6. The van der Waals surface area contributed by atoms with Gasteiger partial charge in [-0.2, -0.15) is 0 Å². The van der Waals surface area contributed by atoms with Crippen molar-refractivity contribution in [2.45, 2.75) is 0 Å². The van der Waals surface area contributed by atoms with Crippen molar-refractivity contribution in [3.8, 4) is 33.4 Å². The lowest BCUT2D eigenvalue weighted by Crippen LogP contribution is -1.91. The van der Waals surface area contributed by atoms with Gasteiger partial charge in [0, 0.05) is 16.2 Å². The minimum Gasteiger partial charge on any atom is -0.455 e. The highest BCUT2D eigenvalue weighted by atomic mass is 16.3. The van der Waals surface area contributed by atoms with Crippen LogP contribution in [0.15, 0.2) is 186 Å². The Morgan fingerprint density at radius 1 is 0.275 bits per heavy atom. The zero-order valence-corrected chi connectivity index (χ0v) is 27.7. The quantitative estimate of drug-likeness (QED) is 0.138. The van der Waals surface area contributed by atoms with Gasteiger partial charge in [-0.3, -0.25) is 0 Å². The molecule has 1 aromatic heterocycles. The molecule has 0 N–H and O–H groups in total. The summed E-state index contributed by atoms with van der Waals surface area (Å²) in [5.41, 5.74) is 9.20. The molecule has 0 atom stereocenters. The lowest BCUT2D eigenvalue weighted by molar-refractivity contribution is 0.673. The van der Waals surface area contributed by atoms with E-state index in [-0.39, 0.29) is 0 Å². The summed E-state index contributed by atoms with van der Waals surface area (Å²) in [6.45, 7) is 0. The van der Waals surface area contributed by atoms with Gasteiger partial charge >= 0.3 is 0 Å². The van der Waals surface area contributed by atoms with Crippen LogP contribution < -0.4 is 0 Å². The lowest BCUT2D eigenvalue weighted by Gasteiger charge is -2.18. The van der Waals surface area contributed by atoms with E-state index >= 15 is 0 Å². The number of hydrogen-bond donors (Lipinski definition) is 0. The van der Waals surface area contributed by atoms with E-state index in [1.807, 2.05) is 0 Å². The molecule has 51 heavy (non-hydrogen) atoms. The molecule has 1 nitrogen and oxygen atoms in total. The van der Waals surface area contributed by atoms with Gasteiger partial charge in [0.15, 0.2) is 0 Å². The van der Waals surface area contributed by atoms with Crippen molar-refractivity contribution < 1.29 is 4.42 Å². The summed E-state index contributed by atoms with van der Waals surface area (Å²) in [5.74, 6) is 0. The molecular formula is C50H30O. The number of benzene rings is 10.